The Bertz CT molecular complexity index is 969. The van der Waals surface area contributed by atoms with Crippen LogP contribution in [0.1, 0.15) is 31.2 Å². The molecule has 0 amide bonds. The molecule has 6 aliphatic rings. The standard InChI is InChI=1S/C23H29F2N5O2/c24-22(25)32-17-8-12(11-28-21(17)27)15(26)10-18(29-13-2-1-3-13)23-14-9-16(20(23)19(14)23)30-4-6-31-7-5-30/h8,10-11,13-14,16,19-20,22H,1-7,9,26H2,(H2,27,28). The van der Waals surface area contributed by atoms with Gasteiger partial charge in [-0.3, -0.25) is 9.89 Å². The van der Waals surface area contributed by atoms with E-state index in [-0.39, 0.29) is 17.0 Å². The van der Waals surface area contributed by atoms with Crippen molar-refractivity contribution in [3.8, 4) is 5.75 Å². The minimum atomic E-state index is -2.97. The Morgan fingerprint density at radius 3 is 2.75 bits per heavy atom. The number of alkyl halides is 2. The number of nitrogen functional groups attached to an aromatic ring is 1. The van der Waals surface area contributed by atoms with Crippen LogP contribution in [0.3, 0.4) is 0 Å². The summed E-state index contributed by atoms with van der Waals surface area (Å²) in [6.45, 7) is 0.672. The van der Waals surface area contributed by atoms with Crippen LogP contribution in [-0.4, -0.2) is 60.6 Å². The van der Waals surface area contributed by atoms with E-state index in [0.29, 0.717) is 41.1 Å². The number of nitrogens with zero attached hydrogens (tertiary/aromatic N) is 3. The molecular weight excluding hydrogens is 416 g/mol. The summed E-state index contributed by atoms with van der Waals surface area (Å²) in [6, 6.07) is 2.41. The fourth-order valence-corrected chi connectivity index (χ4v) is 6.50. The molecule has 1 saturated heterocycles. The van der Waals surface area contributed by atoms with Crippen molar-refractivity contribution < 1.29 is 18.3 Å². The Hall–Kier alpha value is -2.26. The van der Waals surface area contributed by atoms with E-state index in [9.17, 15) is 8.78 Å². The van der Waals surface area contributed by atoms with Crippen LogP contribution in [0.15, 0.2) is 23.3 Å². The molecule has 0 radical (unpaired) electrons. The van der Waals surface area contributed by atoms with Gasteiger partial charge < -0.3 is 20.9 Å². The van der Waals surface area contributed by atoms with Gasteiger partial charge in [-0.1, -0.05) is 0 Å². The van der Waals surface area contributed by atoms with Crippen LogP contribution in [0, 0.1) is 23.2 Å². The maximum atomic E-state index is 12.7. The Morgan fingerprint density at radius 2 is 2.09 bits per heavy atom. The highest BCUT2D eigenvalue weighted by atomic mass is 19.3. The number of nitrogens with two attached hydrogens (primary N) is 2. The number of anilines is 1. The van der Waals surface area contributed by atoms with E-state index < -0.39 is 6.61 Å². The van der Waals surface area contributed by atoms with Crippen molar-refractivity contribution in [3.05, 3.63) is 23.9 Å². The number of allylic oxidation sites excluding steroid dienone is 1. The Kier molecular flexibility index (Phi) is 4.69. The zero-order chi connectivity index (χ0) is 22.0. The monoisotopic (exact) mass is 445 g/mol. The normalized spacial score (nSPS) is 36.7. The van der Waals surface area contributed by atoms with Crippen molar-refractivity contribution >= 4 is 17.2 Å². The van der Waals surface area contributed by atoms with Crippen LogP contribution < -0.4 is 16.2 Å². The number of halogens is 2. The van der Waals surface area contributed by atoms with Crippen LogP contribution in [0.2, 0.25) is 0 Å². The van der Waals surface area contributed by atoms with Gasteiger partial charge in [-0.15, -0.1) is 0 Å². The largest absolute Gasteiger partial charge is 0.431 e. The lowest BCUT2D eigenvalue weighted by atomic mass is 9.92. The lowest BCUT2D eigenvalue weighted by molar-refractivity contribution is -0.0495. The number of aromatic nitrogens is 1. The molecule has 1 aromatic rings. The van der Waals surface area contributed by atoms with Crippen molar-refractivity contribution in [1.82, 2.24) is 9.88 Å². The van der Waals surface area contributed by atoms with Gasteiger partial charge >= 0.3 is 6.61 Å². The quantitative estimate of drug-likeness (QED) is 0.626. The molecule has 7 rings (SSSR count). The zero-order valence-corrected chi connectivity index (χ0v) is 17.9. The van der Waals surface area contributed by atoms with E-state index in [0.717, 1.165) is 44.9 Å². The summed E-state index contributed by atoms with van der Waals surface area (Å²) < 4.78 is 35.4. The van der Waals surface area contributed by atoms with Gasteiger partial charge in [-0.25, -0.2) is 4.98 Å². The van der Waals surface area contributed by atoms with Crippen LogP contribution in [-0.2, 0) is 4.74 Å². The third-order valence-corrected chi connectivity index (χ3v) is 8.31. The Labute approximate surface area is 185 Å². The Balaban J connectivity index is 1.27. The third-order valence-electron chi connectivity index (χ3n) is 8.31. The van der Waals surface area contributed by atoms with Gasteiger partial charge in [0.1, 0.15) is 0 Å². The molecule has 6 fully saturated rings. The number of fused-ring (bicyclic) bond motifs is 1. The van der Waals surface area contributed by atoms with Gasteiger partial charge in [0, 0.05) is 47.7 Å². The molecule has 1 aliphatic heterocycles. The highest BCUT2D eigenvalue weighted by molar-refractivity contribution is 6.10. The zero-order valence-electron chi connectivity index (χ0n) is 17.9. The number of hydrogen-bond acceptors (Lipinski definition) is 7. The summed E-state index contributed by atoms with van der Waals surface area (Å²) >= 11 is 0. The SMILES string of the molecule is NC(=CC(=NC1CCC1)C12C3CC(N4CCOCC4)C1C32)c1cnc(N)c(OC(F)F)c1. The number of aliphatic imine (C=N–C) groups is 1. The van der Waals surface area contributed by atoms with Gasteiger partial charge in [0.2, 0.25) is 0 Å². The molecule has 5 saturated carbocycles. The maximum Gasteiger partial charge on any atom is 0.387 e. The van der Waals surface area contributed by atoms with Gasteiger partial charge in [0.15, 0.2) is 11.6 Å². The van der Waals surface area contributed by atoms with E-state index in [1.807, 2.05) is 6.08 Å². The first kappa shape index (κ1) is 20.4. The highest BCUT2D eigenvalue weighted by Crippen LogP contribution is 2.92. The van der Waals surface area contributed by atoms with Crippen LogP contribution >= 0.6 is 0 Å². The van der Waals surface area contributed by atoms with Crippen molar-refractivity contribution in [2.45, 2.75) is 44.4 Å². The summed E-state index contributed by atoms with van der Waals surface area (Å²) in [5, 5.41) is 0. The average Bonchev–Trinajstić information content (AvgIpc) is 3.48. The van der Waals surface area contributed by atoms with Crippen molar-refractivity contribution in [2.24, 2.45) is 33.9 Å². The molecule has 172 valence electrons. The molecule has 2 heterocycles. The number of pyridine rings is 1. The van der Waals surface area contributed by atoms with Crippen molar-refractivity contribution in [1.29, 1.82) is 0 Å². The first-order chi connectivity index (χ1) is 15.5. The molecule has 7 nitrogen and oxygen atoms in total. The smallest absolute Gasteiger partial charge is 0.387 e. The van der Waals surface area contributed by atoms with Gasteiger partial charge in [0.25, 0.3) is 0 Å². The van der Waals surface area contributed by atoms with E-state index in [2.05, 4.69) is 14.6 Å². The fourth-order valence-electron chi connectivity index (χ4n) is 6.50. The first-order valence-corrected chi connectivity index (χ1v) is 11.6. The molecule has 5 aliphatic carbocycles. The minimum Gasteiger partial charge on any atom is -0.431 e. The lowest BCUT2D eigenvalue weighted by Crippen LogP contribution is -2.43. The number of ether oxygens (including phenoxy) is 2. The second-order valence-electron chi connectivity index (χ2n) is 9.73. The maximum absolute atomic E-state index is 12.7. The molecule has 1 aromatic heterocycles. The molecular formula is C23H29F2N5O2. The summed E-state index contributed by atoms with van der Waals surface area (Å²) in [4.78, 5) is 11.7. The molecule has 4 N–H and O–H groups in total. The minimum absolute atomic E-state index is 0.0837. The van der Waals surface area contributed by atoms with Gasteiger partial charge in [0.05, 0.1) is 19.3 Å². The van der Waals surface area contributed by atoms with E-state index in [1.54, 1.807) is 0 Å². The number of hydrogen-bond donors (Lipinski definition) is 2. The summed E-state index contributed by atoms with van der Waals surface area (Å²) in [5.74, 6) is 1.80. The van der Waals surface area contributed by atoms with Gasteiger partial charge in [-0.2, -0.15) is 8.78 Å². The molecule has 5 atom stereocenters. The second-order valence-corrected chi connectivity index (χ2v) is 9.73. The van der Waals surface area contributed by atoms with Crippen molar-refractivity contribution in [3.63, 3.8) is 0 Å². The number of rotatable bonds is 7. The fraction of sp³-hybridized carbons (Fsp3) is 0.652. The van der Waals surface area contributed by atoms with Crippen LogP contribution in [0.4, 0.5) is 14.6 Å². The first-order valence-electron chi connectivity index (χ1n) is 11.6. The summed E-state index contributed by atoms with van der Waals surface area (Å²) in [6.07, 6.45) is 8.15. The molecule has 2 bridgehead atoms. The molecule has 5 unspecified atom stereocenters. The van der Waals surface area contributed by atoms with E-state index in [1.165, 1.54) is 25.1 Å². The van der Waals surface area contributed by atoms with E-state index in [4.69, 9.17) is 21.2 Å². The molecule has 9 heteroatoms. The summed E-state index contributed by atoms with van der Waals surface area (Å²) in [5.41, 5.74) is 14.4. The average molecular weight is 446 g/mol. The van der Waals surface area contributed by atoms with Crippen molar-refractivity contribution in [2.75, 3.05) is 32.0 Å². The molecule has 32 heavy (non-hydrogen) atoms. The van der Waals surface area contributed by atoms with Crippen LogP contribution in [0.25, 0.3) is 5.70 Å². The topological polar surface area (TPSA) is 99.0 Å². The molecule has 0 spiro atoms. The third kappa shape index (κ3) is 3.04. The summed E-state index contributed by atoms with van der Waals surface area (Å²) in [7, 11) is 0. The lowest BCUT2D eigenvalue weighted by Gasteiger charge is -2.32. The van der Waals surface area contributed by atoms with E-state index >= 15 is 0 Å². The second kappa shape index (κ2) is 7.38. The van der Waals surface area contributed by atoms with Gasteiger partial charge in [-0.05, 0) is 55.6 Å². The predicted molar refractivity (Wildman–Crippen MR) is 116 cm³/mol. The molecule has 0 aromatic carbocycles. The number of morpholine rings is 1. The van der Waals surface area contributed by atoms with Crippen LogP contribution in [0.5, 0.6) is 5.75 Å². The highest BCUT2D eigenvalue weighted by Gasteiger charge is 2.93. The predicted octanol–water partition coefficient (Wildman–Crippen LogP) is 2.52. The Morgan fingerprint density at radius 1 is 1.31 bits per heavy atom.